The van der Waals surface area contributed by atoms with Crippen LogP contribution in [-0.4, -0.2) is 22.6 Å². The number of carbonyl (C=O) groups is 1. The van der Waals surface area contributed by atoms with Gasteiger partial charge in [-0.3, -0.25) is 4.79 Å². The highest BCUT2D eigenvalue weighted by molar-refractivity contribution is 5.90. The zero-order chi connectivity index (χ0) is 14.4. The Hall–Kier alpha value is -2.30. The molecule has 0 unspecified atom stereocenters. The summed E-state index contributed by atoms with van der Waals surface area (Å²) >= 11 is 0. The lowest BCUT2D eigenvalue weighted by Crippen LogP contribution is -2.19. The van der Waals surface area contributed by atoms with Crippen molar-refractivity contribution in [3.8, 4) is 5.75 Å². The number of aryl methyl sites for hydroxylation is 1. The van der Waals surface area contributed by atoms with Crippen molar-refractivity contribution in [3.05, 3.63) is 42.5 Å². The maximum atomic E-state index is 12.0. The number of hydrogen-bond donors (Lipinski definition) is 1. The SMILES string of the molecule is CCCc1nccn1CC(=O)Nc1ccc(OC)cc1. The van der Waals surface area contributed by atoms with E-state index in [1.54, 1.807) is 13.3 Å². The molecule has 2 rings (SSSR count). The van der Waals surface area contributed by atoms with Gasteiger partial charge in [0.05, 0.1) is 7.11 Å². The van der Waals surface area contributed by atoms with Gasteiger partial charge >= 0.3 is 0 Å². The molecule has 5 nitrogen and oxygen atoms in total. The molecule has 1 aromatic heterocycles. The van der Waals surface area contributed by atoms with Crippen molar-refractivity contribution in [2.45, 2.75) is 26.3 Å². The Labute approximate surface area is 118 Å². The molecule has 0 aliphatic carbocycles. The molecule has 0 saturated heterocycles. The zero-order valence-electron chi connectivity index (χ0n) is 11.8. The number of amides is 1. The van der Waals surface area contributed by atoms with Crippen LogP contribution in [0.3, 0.4) is 0 Å². The summed E-state index contributed by atoms with van der Waals surface area (Å²) in [7, 11) is 1.61. The average Bonchev–Trinajstić information content (AvgIpc) is 2.87. The fourth-order valence-corrected chi connectivity index (χ4v) is 1.97. The van der Waals surface area contributed by atoms with E-state index in [1.165, 1.54) is 0 Å². The number of nitrogens with one attached hydrogen (secondary N) is 1. The Bertz CT molecular complexity index is 561. The van der Waals surface area contributed by atoms with Crippen LogP contribution in [0.15, 0.2) is 36.7 Å². The Kier molecular flexibility index (Phi) is 4.76. The van der Waals surface area contributed by atoms with Crippen LogP contribution in [0.25, 0.3) is 0 Å². The smallest absolute Gasteiger partial charge is 0.244 e. The molecule has 106 valence electrons. The van der Waals surface area contributed by atoms with Crippen LogP contribution in [0.4, 0.5) is 5.69 Å². The van der Waals surface area contributed by atoms with Crippen LogP contribution >= 0.6 is 0 Å². The first kappa shape index (κ1) is 14.1. The number of anilines is 1. The van der Waals surface area contributed by atoms with Gasteiger partial charge in [-0.1, -0.05) is 6.92 Å². The third-order valence-corrected chi connectivity index (χ3v) is 2.96. The standard InChI is InChI=1S/C15H19N3O2/c1-3-4-14-16-9-10-18(14)11-15(19)17-12-5-7-13(20-2)8-6-12/h5-10H,3-4,11H2,1-2H3,(H,17,19). The van der Waals surface area contributed by atoms with Gasteiger partial charge in [-0.2, -0.15) is 0 Å². The minimum atomic E-state index is -0.0643. The van der Waals surface area contributed by atoms with Crippen LogP contribution in [0.2, 0.25) is 0 Å². The molecule has 5 heteroatoms. The Balaban J connectivity index is 1.95. The number of imidazole rings is 1. The van der Waals surface area contributed by atoms with E-state index in [4.69, 9.17) is 4.74 Å². The highest BCUT2D eigenvalue weighted by Crippen LogP contribution is 2.15. The average molecular weight is 273 g/mol. The second-order valence-electron chi connectivity index (χ2n) is 4.50. The lowest BCUT2D eigenvalue weighted by molar-refractivity contribution is -0.116. The second kappa shape index (κ2) is 6.75. The van der Waals surface area contributed by atoms with Crippen molar-refractivity contribution in [2.75, 3.05) is 12.4 Å². The van der Waals surface area contributed by atoms with Crippen molar-refractivity contribution >= 4 is 11.6 Å². The van der Waals surface area contributed by atoms with Gasteiger partial charge in [0.2, 0.25) is 5.91 Å². The summed E-state index contributed by atoms with van der Waals surface area (Å²) in [6.07, 6.45) is 5.45. The first-order chi connectivity index (χ1) is 9.72. The minimum absolute atomic E-state index is 0.0643. The predicted molar refractivity (Wildman–Crippen MR) is 77.8 cm³/mol. The van der Waals surface area contributed by atoms with Gasteiger partial charge in [0.25, 0.3) is 0 Å². The van der Waals surface area contributed by atoms with E-state index in [0.717, 1.165) is 30.1 Å². The molecule has 0 aliphatic rings. The highest BCUT2D eigenvalue weighted by atomic mass is 16.5. The first-order valence-electron chi connectivity index (χ1n) is 6.67. The molecule has 1 N–H and O–H groups in total. The molecule has 0 fully saturated rings. The molecule has 2 aromatic rings. The highest BCUT2D eigenvalue weighted by Gasteiger charge is 2.07. The van der Waals surface area contributed by atoms with Gasteiger partial charge in [0, 0.05) is 24.5 Å². The molecule has 1 aromatic carbocycles. The summed E-state index contributed by atoms with van der Waals surface area (Å²) in [6.45, 7) is 2.37. The Morgan fingerprint density at radius 1 is 1.35 bits per heavy atom. The fourth-order valence-electron chi connectivity index (χ4n) is 1.97. The zero-order valence-corrected chi connectivity index (χ0v) is 11.8. The van der Waals surface area contributed by atoms with Crippen LogP contribution < -0.4 is 10.1 Å². The van der Waals surface area contributed by atoms with Crippen molar-refractivity contribution in [1.82, 2.24) is 9.55 Å². The Morgan fingerprint density at radius 2 is 2.10 bits per heavy atom. The van der Waals surface area contributed by atoms with Gasteiger partial charge < -0.3 is 14.6 Å². The van der Waals surface area contributed by atoms with Crippen LogP contribution in [0.5, 0.6) is 5.75 Å². The number of carbonyl (C=O) groups excluding carboxylic acids is 1. The molecular weight excluding hydrogens is 254 g/mol. The number of hydrogen-bond acceptors (Lipinski definition) is 3. The van der Waals surface area contributed by atoms with E-state index in [-0.39, 0.29) is 12.5 Å². The van der Waals surface area contributed by atoms with Crippen LogP contribution in [0.1, 0.15) is 19.2 Å². The van der Waals surface area contributed by atoms with Gasteiger partial charge in [-0.25, -0.2) is 4.98 Å². The molecule has 0 aliphatic heterocycles. The van der Waals surface area contributed by atoms with Gasteiger partial charge in [0.15, 0.2) is 0 Å². The maximum Gasteiger partial charge on any atom is 0.244 e. The molecule has 0 spiro atoms. The number of methoxy groups -OCH3 is 1. The quantitative estimate of drug-likeness (QED) is 0.879. The predicted octanol–water partition coefficient (Wildman–Crippen LogP) is 2.48. The second-order valence-corrected chi connectivity index (χ2v) is 4.50. The van der Waals surface area contributed by atoms with E-state index >= 15 is 0 Å². The van der Waals surface area contributed by atoms with E-state index in [2.05, 4.69) is 17.2 Å². The normalized spacial score (nSPS) is 10.3. The molecule has 0 bridgehead atoms. The Morgan fingerprint density at radius 3 is 2.75 bits per heavy atom. The summed E-state index contributed by atoms with van der Waals surface area (Å²) in [5.41, 5.74) is 0.757. The third-order valence-electron chi connectivity index (χ3n) is 2.96. The van der Waals surface area contributed by atoms with Crippen LogP contribution in [0, 0.1) is 0 Å². The number of rotatable bonds is 6. The maximum absolute atomic E-state index is 12.0. The van der Waals surface area contributed by atoms with Crippen molar-refractivity contribution in [2.24, 2.45) is 0 Å². The van der Waals surface area contributed by atoms with E-state index < -0.39 is 0 Å². The van der Waals surface area contributed by atoms with E-state index in [0.29, 0.717) is 0 Å². The van der Waals surface area contributed by atoms with E-state index in [9.17, 15) is 4.79 Å². The summed E-state index contributed by atoms with van der Waals surface area (Å²) in [5.74, 6) is 1.64. The van der Waals surface area contributed by atoms with Crippen LogP contribution in [-0.2, 0) is 17.8 Å². The van der Waals surface area contributed by atoms with Gasteiger partial charge in [-0.15, -0.1) is 0 Å². The van der Waals surface area contributed by atoms with Crippen molar-refractivity contribution in [3.63, 3.8) is 0 Å². The lowest BCUT2D eigenvalue weighted by atomic mass is 10.3. The lowest BCUT2D eigenvalue weighted by Gasteiger charge is -2.09. The number of aromatic nitrogens is 2. The monoisotopic (exact) mass is 273 g/mol. The molecule has 0 saturated carbocycles. The van der Waals surface area contributed by atoms with Gasteiger partial charge in [0.1, 0.15) is 18.1 Å². The minimum Gasteiger partial charge on any atom is -0.497 e. The van der Waals surface area contributed by atoms with Crippen molar-refractivity contribution in [1.29, 1.82) is 0 Å². The fraction of sp³-hybridized carbons (Fsp3) is 0.333. The number of nitrogens with zero attached hydrogens (tertiary/aromatic N) is 2. The summed E-state index contributed by atoms with van der Waals surface area (Å²) in [4.78, 5) is 16.3. The molecule has 1 heterocycles. The molecule has 20 heavy (non-hydrogen) atoms. The third kappa shape index (κ3) is 3.60. The molecular formula is C15H19N3O2. The molecule has 0 radical (unpaired) electrons. The first-order valence-corrected chi connectivity index (χ1v) is 6.67. The summed E-state index contributed by atoms with van der Waals surface area (Å²) in [5, 5.41) is 2.86. The molecule has 0 atom stereocenters. The summed E-state index contributed by atoms with van der Waals surface area (Å²) < 4.78 is 6.95. The largest absolute Gasteiger partial charge is 0.497 e. The molecule has 1 amide bonds. The number of ether oxygens (including phenoxy) is 1. The topological polar surface area (TPSA) is 56.2 Å². The number of benzene rings is 1. The van der Waals surface area contributed by atoms with Gasteiger partial charge in [-0.05, 0) is 30.7 Å². The van der Waals surface area contributed by atoms with E-state index in [1.807, 2.05) is 35.0 Å². The summed E-state index contributed by atoms with van der Waals surface area (Å²) in [6, 6.07) is 7.26. The van der Waals surface area contributed by atoms with Crippen molar-refractivity contribution < 1.29 is 9.53 Å².